The third-order valence-electron chi connectivity index (χ3n) is 5.28. The highest BCUT2D eigenvalue weighted by molar-refractivity contribution is 5.78. The second kappa shape index (κ2) is 9.94. The van der Waals surface area contributed by atoms with Crippen LogP contribution in [-0.4, -0.2) is 28.6 Å². The van der Waals surface area contributed by atoms with Crippen molar-refractivity contribution in [1.29, 1.82) is 0 Å². The number of fused-ring (bicyclic) bond motifs is 1. The molecule has 4 aromatic rings. The molecule has 0 saturated heterocycles. The van der Waals surface area contributed by atoms with E-state index in [1.54, 1.807) is 0 Å². The van der Waals surface area contributed by atoms with Crippen LogP contribution in [0, 0.1) is 6.92 Å². The molecule has 0 atom stereocenters. The predicted molar refractivity (Wildman–Crippen MR) is 123 cm³/mol. The molecule has 3 aromatic carbocycles. The first-order chi connectivity index (χ1) is 15.2. The van der Waals surface area contributed by atoms with Gasteiger partial charge in [0, 0.05) is 13.0 Å². The average molecular weight is 414 g/mol. The maximum atomic E-state index is 12.3. The van der Waals surface area contributed by atoms with Crippen LogP contribution in [0.1, 0.15) is 17.0 Å². The van der Waals surface area contributed by atoms with E-state index in [0.29, 0.717) is 32.5 Å². The van der Waals surface area contributed by atoms with Crippen LogP contribution in [0.5, 0.6) is 5.75 Å². The van der Waals surface area contributed by atoms with Crippen LogP contribution in [0.3, 0.4) is 0 Å². The number of nitrogens with one attached hydrogen (secondary N) is 1. The van der Waals surface area contributed by atoms with Gasteiger partial charge in [0.05, 0.1) is 24.0 Å². The largest absolute Gasteiger partial charge is 0.491 e. The molecule has 0 aliphatic heterocycles. The lowest BCUT2D eigenvalue weighted by atomic mass is 10.1. The summed E-state index contributed by atoms with van der Waals surface area (Å²) in [4.78, 5) is 17.1. The Hall–Kier alpha value is -3.60. The van der Waals surface area contributed by atoms with Gasteiger partial charge in [0.25, 0.3) is 0 Å². The van der Waals surface area contributed by atoms with Gasteiger partial charge in [0.2, 0.25) is 5.91 Å². The van der Waals surface area contributed by atoms with Crippen LogP contribution < -0.4 is 10.1 Å². The Morgan fingerprint density at radius 1 is 0.968 bits per heavy atom. The van der Waals surface area contributed by atoms with Crippen molar-refractivity contribution in [2.24, 2.45) is 0 Å². The number of carbonyl (C=O) groups is 1. The van der Waals surface area contributed by atoms with E-state index in [0.717, 1.165) is 33.7 Å². The summed E-state index contributed by atoms with van der Waals surface area (Å²) in [7, 11) is 0. The van der Waals surface area contributed by atoms with Crippen molar-refractivity contribution < 1.29 is 9.53 Å². The zero-order valence-corrected chi connectivity index (χ0v) is 17.8. The zero-order valence-electron chi connectivity index (χ0n) is 17.8. The monoisotopic (exact) mass is 413 g/mol. The highest BCUT2D eigenvalue weighted by atomic mass is 16.5. The fourth-order valence-electron chi connectivity index (χ4n) is 3.69. The number of hydrogen-bond acceptors (Lipinski definition) is 3. The highest BCUT2D eigenvalue weighted by Gasteiger charge is 2.11. The normalized spacial score (nSPS) is 10.9. The molecule has 31 heavy (non-hydrogen) atoms. The van der Waals surface area contributed by atoms with E-state index < -0.39 is 0 Å². The minimum Gasteiger partial charge on any atom is -0.491 e. The van der Waals surface area contributed by atoms with E-state index in [9.17, 15) is 4.79 Å². The summed E-state index contributed by atoms with van der Waals surface area (Å²) in [6.45, 7) is 3.85. The molecule has 0 radical (unpaired) electrons. The fourth-order valence-corrected chi connectivity index (χ4v) is 3.69. The molecule has 0 aliphatic carbocycles. The summed E-state index contributed by atoms with van der Waals surface area (Å²) in [6, 6.07) is 25.9. The summed E-state index contributed by atoms with van der Waals surface area (Å²) in [5.74, 6) is 1.88. The van der Waals surface area contributed by atoms with E-state index in [1.807, 2.05) is 79.7 Å². The Balaban J connectivity index is 1.39. The molecule has 0 aliphatic rings. The van der Waals surface area contributed by atoms with Crippen LogP contribution in [0.25, 0.3) is 11.0 Å². The molecule has 0 spiro atoms. The minimum atomic E-state index is 0.0248. The first-order valence-electron chi connectivity index (χ1n) is 10.6. The summed E-state index contributed by atoms with van der Waals surface area (Å²) < 4.78 is 8.20. The molecule has 1 aromatic heterocycles. The average Bonchev–Trinajstić information content (AvgIpc) is 3.13. The number of amides is 1. The fraction of sp³-hybridized carbons (Fsp3) is 0.231. The lowest BCUT2D eigenvalue weighted by Gasteiger charge is -2.12. The van der Waals surface area contributed by atoms with Gasteiger partial charge in [-0.1, -0.05) is 60.7 Å². The number of hydrogen-bond donors (Lipinski definition) is 1. The molecular formula is C26H27N3O2. The maximum absolute atomic E-state index is 12.3. The lowest BCUT2D eigenvalue weighted by Crippen LogP contribution is -2.28. The molecular weight excluding hydrogens is 386 g/mol. The van der Waals surface area contributed by atoms with Gasteiger partial charge >= 0.3 is 0 Å². The Labute approximate surface area is 182 Å². The summed E-state index contributed by atoms with van der Waals surface area (Å²) >= 11 is 0. The van der Waals surface area contributed by atoms with Crippen LogP contribution in [0.2, 0.25) is 0 Å². The topological polar surface area (TPSA) is 56.1 Å². The number of nitrogens with zero attached hydrogens (tertiary/aromatic N) is 2. The molecule has 0 unspecified atom stereocenters. The van der Waals surface area contributed by atoms with E-state index in [4.69, 9.17) is 9.72 Å². The summed E-state index contributed by atoms with van der Waals surface area (Å²) in [5.41, 5.74) is 4.19. The zero-order chi connectivity index (χ0) is 21.5. The number of ether oxygens (including phenoxy) is 1. The third kappa shape index (κ3) is 5.31. The molecule has 1 amide bonds. The van der Waals surface area contributed by atoms with E-state index in [-0.39, 0.29) is 5.91 Å². The van der Waals surface area contributed by atoms with Crippen LogP contribution in [0.15, 0.2) is 78.9 Å². The molecule has 158 valence electrons. The first-order valence-corrected chi connectivity index (χ1v) is 10.6. The van der Waals surface area contributed by atoms with Crippen LogP contribution >= 0.6 is 0 Å². The summed E-state index contributed by atoms with van der Waals surface area (Å²) in [6.07, 6.45) is 1.06. The van der Waals surface area contributed by atoms with Crippen molar-refractivity contribution in [3.63, 3.8) is 0 Å². The Bertz CT molecular complexity index is 1150. The first kappa shape index (κ1) is 20.7. The van der Waals surface area contributed by atoms with Crippen LogP contribution in [0.4, 0.5) is 0 Å². The number of aryl methyl sites for hydroxylation is 1. The standard InChI is InChI=1S/C26H27N3O2/c1-20-9-5-8-14-24(20)31-18-17-29-23-13-7-6-12-22(23)28-25(29)15-16-27-26(30)19-21-10-3-2-4-11-21/h2-14H,15-19H2,1H3,(H,27,30). The van der Waals surface area contributed by atoms with E-state index >= 15 is 0 Å². The van der Waals surface area contributed by atoms with Gasteiger partial charge in [-0.05, 0) is 36.2 Å². The molecule has 1 heterocycles. The SMILES string of the molecule is Cc1ccccc1OCCn1c(CCNC(=O)Cc2ccccc2)nc2ccccc21. The van der Waals surface area contributed by atoms with Crippen molar-refractivity contribution in [1.82, 2.24) is 14.9 Å². The van der Waals surface area contributed by atoms with Gasteiger partial charge in [-0.25, -0.2) is 4.98 Å². The molecule has 4 rings (SSSR count). The Morgan fingerprint density at radius 2 is 1.71 bits per heavy atom. The molecule has 0 saturated carbocycles. The highest BCUT2D eigenvalue weighted by Crippen LogP contribution is 2.19. The van der Waals surface area contributed by atoms with Gasteiger partial charge in [0.1, 0.15) is 18.2 Å². The van der Waals surface area contributed by atoms with Gasteiger partial charge in [-0.3, -0.25) is 4.79 Å². The molecule has 0 bridgehead atoms. The van der Waals surface area contributed by atoms with Crippen LogP contribution in [-0.2, 0) is 24.2 Å². The van der Waals surface area contributed by atoms with Crippen molar-refractivity contribution in [2.75, 3.05) is 13.2 Å². The lowest BCUT2D eigenvalue weighted by molar-refractivity contribution is -0.120. The van der Waals surface area contributed by atoms with Crippen molar-refractivity contribution >= 4 is 16.9 Å². The smallest absolute Gasteiger partial charge is 0.224 e. The number of para-hydroxylation sites is 3. The van der Waals surface area contributed by atoms with Gasteiger partial charge in [-0.15, -0.1) is 0 Å². The van der Waals surface area contributed by atoms with Gasteiger partial charge in [-0.2, -0.15) is 0 Å². The maximum Gasteiger partial charge on any atom is 0.224 e. The quantitative estimate of drug-likeness (QED) is 0.444. The molecule has 5 nitrogen and oxygen atoms in total. The minimum absolute atomic E-state index is 0.0248. The second-order valence-electron chi connectivity index (χ2n) is 7.54. The van der Waals surface area contributed by atoms with Crippen molar-refractivity contribution in [3.05, 3.63) is 95.8 Å². The number of benzene rings is 3. The number of aromatic nitrogens is 2. The predicted octanol–water partition coefficient (Wildman–Crippen LogP) is 4.33. The van der Waals surface area contributed by atoms with E-state index in [1.165, 1.54) is 0 Å². The molecule has 1 N–H and O–H groups in total. The van der Waals surface area contributed by atoms with Gasteiger partial charge < -0.3 is 14.6 Å². The summed E-state index contributed by atoms with van der Waals surface area (Å²) in [5, 5.41) is 3.02. The van der Waals surface area contributed by atoms with Crippen molar-refractivity contribution in [2.45, 2.75) is 26.3 Å². The van der Waals surface area contributed by atoms with E-state index in [2.05, 4.69) is 16.0 Å². The molecule has 5 heteroatoms. The van der Waals surface area contributed by atoms with Gasteiger partial charge in [0.15, 0.2) is 0 Å². The number of rotatable bonds is 9. The number of imidazole rings is 1. The Morgan fingerprint density at radius 3 is 2.55 bits per heavy atom. The van der Waals surface area contributed by atoms with Crippen molar-refractivity contribution in [3.8, 4) is 5.75 Å². The molecule has 0 fully saturated rings. The third-order valence-corrected chi connectivity index (χ3v) is 5.28. The second-order valence-corrected chi connectivity index (χ2v) is 7.54. The number of carbonyl (C=O) groups excluding carboxylic acids is 1. The Kier molecular flexibility index (Phi) is 6.62.